The molecule has 6 nitrogen and oxygen atoms in total. The van der Waals surface area contributed by atoms with Crippen molar-refractivity contribution < 1.29 is 19.1 Å². The molecule has 1 aromatic heterocycles. The third-order valence-corrected chi connectivity index (χ3v) is 2.59. The van der Waals surface area contributed by atoms with Crippen LogP contribution in [0.2, 0.25) is 0 Å². The van der Waals surface area contributed by atoms with E-state index < -0.39 is 11.9 Å². The Morgan fingerprint density at radius 2 is 2.14 bits per heavy atom. The minimum Gasteiger partial charge on any atom is -0.478 e. The van der Waals surface area contributed by atoms with Gasteiger partial charge in [0.2, 0.25) is 0 Å². The van der Waals surface area contributed by atoms with Crippen LogP contribution in [-0.4, -0.2) is 17.0 Å². The molecule has 21 heavy (non-hydrogen) atoms. The van der Waals surface area contributed by atoms with E-state index in [0.717, 1.165) is 0 Å². The zero-order chi connectivity index (χ0) is 15.2. The first-order valence-electron chi connectivity index (χ1n) is 5.89. The predicted molar refractivity (Wildman–Crippen MR) is 74.3 cm³/mol. The minimum atomic E-state index is -1.10. The van der Waals surface area contributed by atoms with Gasteiger partial charge in [-0.05, 0) is 30.3 Å². The van der Waals surface area contributed by atoms with E-state index in [0.29, 0.717) is 11.3 Å². The quantitative estimate of drug-likeness (QED) is 0.662. The third kappa shape index (κ3) is 3.58. The Morgan fingerprint density at radius 3 is 2.76 bits per heavy atom. The van der Waals surface area contributed by atoms with Crippen LogP contribution in [0.1, 0.15) is 15.9 Å². The van der Waals surface area contributed by atoms with Gasteiger partial charge in [-0.15, -0.1) is 0 Å². The summed E-state index contributed by atoms with van der Waals surface area (Å²) in [7, 11) is 0. The molecule has 0 saturated carbocycles. The van der Waals surface area contributed by atoms with Crippen LogP contribution in [-0.2, 0) is 4.79 Å². The normalized spacial score (nSPS) is 10.7. The van der Waals surface area contributed by atoms with Gasteiger partial charge in [0, 0.05) is 11.3 Å². The second kappa shape index (κ2) is 6.21. The highest BCUT2D eigenvalue weighted by Crippen LogP contribution is 2.13. The molecule has 2 N–H and O–H groups in total. The highest BCUT2D eigenvalue weighted by molar-refractivity contribution is 6.09. The number of hydrogen-bond acceptors (Lipinski definition) is 4. The highest BCUT2D eigenvalue weighted by atomic mass is 16.4. The Balaban J connectivity index is 2.19. The molecule has 0 fully saturated rings. The van der Waals surface area contributed by atoms with E-state index in [9.17, 15) is 9.59 Å². The lowest BCUT2D eigenvalue weighted by molar-refractivity contribution is -0.112. The first-order chi connectivity index (χ1) is 10.1. The number of nitrogens with zero attached hydrogens (tertiary/aromatic N) is 1. The number of carboxylic acids is 1. The summed E-state index contributed by atoms with van der Waals surface area (Å²) in [6.07, 6.45) is 4.20. The summed E-state index contributed by atoms with van der Waals surface area (Å²) in [6.45, 7) is 0. The van der Waals surface area contributed by atoms with Crippen molar-refractivity contribution in [2.45, 2.75) is 0 Å². The van der Waals surface area contributed by atoms with Crippen LogP contribution in [0.3, 0.4) is 0 Å². The standard InChI is InChI=1S/C15H10N2O4/c16-8-12(6-10-4-5-21-9-10)14(18)17-13-3-1-2-11(7-13)15(19)20/h1-7,9H,(H,17,18)(H,19,20)/b12-6-. The molecule has 1 amide bonds. The molecule has 0 spiro atoms. The molecule has 2 rings (SSSR count). The lowest BCUT2D eigenvalue weighted by atomic mass is 10.1. The molecular formula is C15H10N2O4. The van der Waals surface area contributed by atoms with Gasteiger partial charge in [-0.2, -0.15) is 5.26 Å². The van der Waals surface area contributed by atoms with Gasteiger partial charge in [0.05, 0.1) is 18.1 Å². The van der Waals surface area contributed by atoms with Crippen molar-refractivity contribution in [1.82, 2.24) is 0 Å². The minimum absolute atomic E-state index is 0.0464. The summed E-state index contributed by atoms with van der Waals surface area (Å²) in [5, 5.41) is 20.4. The fourth-order valence-electron chi connectivity index (χ4n) is 1.60. The number of aromatic carboxylic acids is 1. The Kier molecular flexibility index (Phi) is 4.17. The van der Waals surface area contributed by atoms with Gasteiger partial charge in [-0.1, -0.05) is 6.07 Å². The van der Waals surface area contributed by atoms with Gasteiger partial charge >= 0.3 is 5.97 Å². The molecule has 0 bridgehead atoms. The van der Waals surface area contributed by atoms with Crippen LogP contribution in [0.15, 0.2) is 52.8 Å². The molecule has 104 valence electrons. The fourth-order valence-corrected chi connectivity index (χ4v) is 1.60. The van der Waals surface area contributed by atoms with Gasteiger partial charge in [0.25, 0.3) is 5.91 Å². The fraction of sp³-hybridized carbons (Fsp3) is 0. The molecule has 0 saturated heterocycles. The molecule has 0 radical (unpaired) electrons. The number of anilines is 1. The number of nitrogens with one attached hydrogen (secondary N) is 1. The van der Waals surface area contributed by atoms with E-state index in [-0.39, 0.29) is 11.1 Å². The summed E-state index contributed by atoms with van der Waals surface area (Å²) < 4.78 is 4.85. The molecule has 1 aromatic carbocycles. The third-order valence-electron chi connectivity index (χ3n) is 2.59. The SMILES string of the molecule is N#C/C(=C/c1ccoc1)C(=O)Nc1cccc(C(=O)O)c1. The van der Waals surface area contributed by atoms with E-state index >= 15 is 0 Å². The zero-order valence-corrected chi connectivity index (χ0v) is 10.7. The number of amides is 1. The number of carbonyl (C=O) groups excluding carboxylic acids is 1. The number of carbonyl (C=O) groups is 2. The van der Waals surface area contributed by atoms with Crippen LogP contribution in [0.25, 0.3) is 6.08 Å². The zero-order valence-electron chi connectivity index (χ0n) is 10.7. The van der Waals surface area contributed by atoms with Crippen molar-refractivity contribution in [1.29, 1.82) is 5.26 Å². The van der Waals surface area contributed by atoms with Gasteiger partial charge in [0.1, 0.15) is 11.6 Å². The maximum atomic E-state index is 12.0. The lowest BCUT2D eigenvalue weighted by Crippen LogP contribution is -2.13. The molecular weight excluding hydrogens is 272 g/mol. The lowest BCUT2D eigenvalue weighted by Gasteiger charge is -2.04. The molecule has 6 heteroatoms. The summed E-state index contributed by atoms with van der Waals surface area (Å²) in [5.41, 5.74) is 0.816. The number of rotatable bonds is 4. The molecule has 1 heterocycles. The highest BCUT2D eigenvalue weighted by Gasteiger charge is 2.11. The first-order valence-corrected chi connectivity index (χ1v) is 5.89. The summed E-state index contributed by atoms with van der Waals surface area (Å²) in [4.78, 5) is 22.8. The smallest absolute Gasteiger partial charge is 0.335 e. The van der Waals surface area contributed by atoms with Gasteiger partial charge in [0.15, 0.2) is 0 Å². The van der Waals surface area contributed by atoms with E-state index in [4.69, 9.17) is 14.8 Å². The summed E-state index contributed by atoms with van der Waals surface area (Å²) in [5.74, 6) is -1.72. The Labute approximate surface area is 119 Å². The van der Waals surface area contributed by atoms with E-state index in [2.05, 4.69) is 5.32 Å². The van der Waals surface area contributed by atoms with Gasteiger partial charge < -0.3 is 14.8 Å². The van der Waals surface area contributed by atoms with E-state index in [1.165, 1.54) is 42.9 Å². The molecule has 0 aliphatic heterocycles. The van der Waals surface area contributed by atoms with Crippen molar-refractivity contribution >= 4 is 23.6 Å². The Morgan fingerprint density at radius 1 is 1.33 bits per heavy atom. The molecule has 2 aromatic rings. The molecule has 0 unspecified atom stereocenters. The van der Waals surface area contributed by atoms with Crippen molar-refractivity contribution in [2.75, 3.05) is 5.32 Å². The average molecular weight is 282 g/mol. The number of nitriles is 1. The van der Waals surface area contributed by atoms with Crippen molar-refractivity contribution in [3.05, 3.63) is 59.6 Å². The van der Waals surface area contributed by atoms with Crippen LogP contribution in [0, 0.1) is 11.3 Å². The average Bonchev–Trinajstić information content (AvgIpc) is 2.97. The van der Waals surface area contributed by atoms with Crippen molar-refractivity contribution in [2.24, 2.45) is 0 Å². The second-order valence-electron chi connectivity index (χ2n) is 4.07. The second-order valence-corrected chi connectivity index (χ2v) is 4.07. The van der Waals surface area contributed by atoms with E-state index in [1.807, 2.05) is 0 Å². The van der Waals surface area contributed by atoms with Gasteiger partial charge in [-0.3, -0.25) is 4.79 Å². The Hall–Kier alpha value is -3.33. The van der Waals surface area contributed by atoms with E-state index in [1.54, 1.807) is 12.1 Å². The monoisotopic (exact) mass is 282 g/mol. The van der Waals surface area contributed by atoms with Gasteiger partial charge in [-0.25, -0.2) is 4.79 Å². The first kappa shape index (κ1) is 14.1. The molecule has 0 atom stereocenters. The van der Waals surface area contributed by atoms with Crippen LogP contribution in [0.5, 0.6) is 0 Å². The Bertz CT molecular complexity index is 739. The predicted octanol–water partition coefficient (Wildman–Crippen LogP) is 2.52. The van der Waals surface area contributed by atoms with Crippen molar-refractivity contribution in [3.8, 4) is 6.07 Å². The molecule has 0 aliphatic carbocycles. The maximum absolute atomic E-state index is 12.0. The number of carboxylic acid groups (broad SMARTS) is 1. The molecule has 0 aliphatic rings. The number of furan rings is 1. The maximum Gasteiger partial charge on any atom is 0.335 e. The topological polar surface area (TPSA) is 103 Å². The van der Waals surface area contributed by atoms with Crippen molar-refractivity contribution in [3.63, 3.8) is 0 Å². The van der Waals surface area contributed by atoms with Crippen LogP contribution < -0.4 is 5.32 Å². The summed E-state index contributed by atoms with van der Waals surface area (Å²) >= 11 is 0. The van der Waals surface area contributed by atoms with Crippen LogP contribution in [0.4, 0.5) is 5.69 Å². The number of benzene rings is 1. The van der Waals surface area contributed by atoms with Crippen LogP contribution >= 0.6 is 0 Å². The number of hydrogen-bond donors (Lipinski definition) is 2. The largest absolute Gasteiger partial charge is 0.478 e. The summed E-state index contributed by atoms with van der Waals surface area (Å²) in [6, 6.07) is 9.16.